The third-order valence-electron chi connectivity index (χ3n) is 4.49. The molecule has 2 atom stereocenters. The van der Waals surface area contributed by atoms with Gasteiger partial charge in [-0.2, -0.15) is 0 Å². The van der Waals surface area contributed by atoms with Gasteiger partial charge in [0.2, 0.25) is 0 Å². The van der Waals surface area contributed by atoms with Crippen molar-refractivity contribution in [2.45, 2.75) is 44.8 Å². The van der Waals surface area contributed by atoms with E-state index in [1.165, 1.54) is 0 Å². The summed E-state index contributed by atoms with van der Waals surface area (Å²) in [5, 5.41) is 3.97. The zero-order valence-corrected chi connectivity index (χ0v) is 17.5. The molecule has 3 aromatic heterocycles. The number of hydrogen-bond acceptors (Lipinski definition) is 6. The van der Waals surface area contributed by atoms with Crippen molar-refractivity contribution in [1.82, 2.24) is 19.5 Å². The van der Waals surface area contributed by atoms with Crippen LogP contribution in [-0.4, -0.2) is 29.5 Å². The van der Waals surface area contributed by atoms with Crippen molar-refractivity contribution in [2.75, 3.05) is 11.1 Å². The molecule has 7 nitrogen and oxygen atoms in total. The second-order valence-corrected chi connectivity index (χ2v) is 8.44. The summed E-state index contributed by atoms with van der Waals surface area (Å²) in [6.45, 7) is 6.20. The summed E-state index contributed by atoms with van der Waals surface area (Å²) in [6, 6.07) is 6.95. The fourth-order valence-corrected chi connectivity index (χ4v) is 3.58. The van der Waals surface area contributed by atoms with Crippen molar-refractivity contribution in [2.24, 2.45) is 0 Å². The lowest BCUT2D eigenvalue weighted by atomic mass is 10.2. The van der Waals surface area contributed by atoms with Crippen molar-refractivity contribution in [1.29, 1.82) is 0 Å². The smallest absolute Gasteiger partial charge is 0.295 e. The predicted octanol–water partition coefficient (Wildman–Crippen LogP) is 3.55. The van der Waals surface area contributed by atoms with E-state index >= 15 is 0 Å². The number of aromatic nitrogens is 4. The number of fused-ring (bicyclic) bond motifs is 1. The minimum Gasteiger partial charge on any atom is -0.361 e. The van der Waals surface area contributed by atoms with Crippen LogP contribution >= 0.6 is 11.6 Å². The van der Waals surface area contributed by atoms with E-state index in [9.17, 15) is 9.00 Å². The summed E-state index contributed by atoms with van der Waals surface area (Å²) in [7, 11) is -1.08. The van der Waals surface area contributed by atoms with Gasteiger partial charge in [0.1, 0.15) is 15.7 Å². The standard InChI is InChI=1S/C19H22ClN5O2S/c1-4-12(3)25-18-14(7-8-15(20)24-18)23-17(19(25)26)22-11-13-6-9-16(21-10-13)28(27)5-2/h6-10,12H,4-5,11H2,1-3H3,(H,22,23)/t12-,28?/m1/s1. The van der Waals surface area contributed by atoms with Gasteiger partial charge in [0.25, 0.3) is 5.56 Å². The predicted molar refractivity (Wildman–Crippen MR) is 112 cm³/mol. The van der Waals surface area contributed by atoms with Crippen molar-refractivity contribution < 1.29 is 4.21 Å². The third-order valence-corrected chi connectivity index (χ3v) is 5.93. The number of hydrogen-bond donors (Lipinski definition) is 1. The molecule has 0 saturated carbocycles. The lowest BCUT2D eigenvalue weighted by molar-refractivity contribution is 0.527. The van der Waals surface area contributed by atoms with Crippen LogP contribution in [-0.2, 0) is 17.3 Å². The number of nitrogens with zero attached hydrogens (tertiary/aromatic N) is 4. The van der Waals surface area contributed by atoms with Crippen LogP contribution in [0.25, 0.3) is 11.2 Å². The molecular weight excluding hydrogens is 398 g/mol. The molecule has 1 N–H and O–H groups in total. The van der Waals surface area contributed by atoms with E-state index in [1.807, 2.05) is 26.8 Å². The van der Waals surface area contributed by atoms with Gasteiger partial charge >= 0.3 is 0 Å². The maximum absolute atomic E-state index is 13.0. The lowest BCUT2D eigenvalue weighted by Crippen LogP contribution is -2.28. The molecule has 148 valence electrons. The molecule has 0 amide bonds. The van der Waals surface area contributed by atoms with E-state index in [-0.39, 0.29) is 17.4 Å². The fourth-order valence-electron chi connectivity index (χ4n) is 2.75. The number of pyridine rings is 2. The van der Waals surface area contributed by atoms with Gasteiger partial charge in [-0.1, -0.05) is 31.5 Å². The van der Waals surface area contributed by atoms with Gasteiger partial charge in [0.15, 0.2) is 11.5 Å². The molecule has 0 fully saturated rings. The van der Waals surface area contributed by atoms with Gasteiger partial charge in [-0.3, -0.25) is 13.6 Å². The molecule has 3 rings (SSSR count). The van der Waals surface area contributed by atoms with E-state index in [2.05, 4.69) is 20.3 Å². The monoisotopic (exact) mass is 419 g/mol. The van der Waals surface area contributed by atoms with E-state index in [0.717, 1.165) is 12.0 Å². The first-order chi connectivity index (χ1) is 13.4. The van der Waals surface area contributed by atoms with Crippen molar-refractivity contribution in [3.8, 4) is 0 Å². The Hall–Kier alpha value is -2.32. The molecule has 0 bridgehead atoms. The summed E-state index contributed by atoms with van der Waals surface area (Å²) >= 11 is 6.02. The highest BCUT2D eigenvalue weighted by atomic mass is 35.5. The fraction of sp³-hybridized carbons (Fsp3) is 0.368. The highest BCUT2D eigenvalue weighted by molar-refractivity contribution is 7.84. The van der Waals surface area contributed by atoms with Crippen LogP contribution in [0.1, 0.15) is 38.8 Å². The van der Waals surface area contributed by atoms with Crippen LogP contribution in [0.2, 0.25) is 5.15 Å². The minimum atomic E-state index is -1.08. The van der Waals surface area contributed by atoms with E-state index < -0.39 is 10.8 Å². The molecule has 28 heavy (non-hydrogen) atoms. The van der Waals surface area contributed by atoms with Crippen LogP contribution < -0.4 is 10.9 Å². The normalized spacial score (nSPS) is 13.4. The molecule has 0 aromatic carbocycles. The summed E-state index contributed by atoms with van der Waals surface area (Å²) in [6.07, 6.45) is 2.43. The molecule has 3 heterocycles. The van der Waals surface area contributed by atoms with Gasteiger partial charge < -0.3 is 5.32 Å². The number of anilines is 1. The Bertz CT molecular complexity index is 1070. The van der Waals surface area contributed by atoms with Crippen molar-refractivity contribution >= 4 is 39.4 Å². The second-order valence-electron chi connectivity index (χ2n) is 6.36. The van der Waals surface area contributed by atoms with Crippen molar-refractivity contribution in [3.05, 3.63) is 51.5 Å². The lowest BCUT2D eigenvalue weighted by Gasteiger charge is -2.17. The van der Waals surface area contributed by atoms with Crippen LogP contribution in [0.4, 0.5) is 5.82 Å². The number of rotatable bonds is 7. The summed E-state index contributed by atoms with van der Waals surface area (Å²) in [5.74, 6) is 0.775. The Kier molecular flexibility index (Phi) is 6.41. The SMILES string of the molecule is CC[C@@H](C)n1c(=O)c(NCc2ccc(S(=O)CC)nc2)nc2ccc(Cl)nc21. The quantitative estimate of drug-likeness (QED) is 0.589. The van der Waals surface area contributed by atoms with Crippen molar-refractivity contribution in [3.63, 3.8) is 0 Å². The highest BCUT2D eigenvalue weighted by Gasteiger charge is 2.16. The largest absolute Gasteiger partial charge is 0.361 e. The van der Waals surface area contributed by atoms with Gasteiger partial charge in [-0.05, 0) is 37.1 Å². The second kappa shape index (κ2) is 8.79. The van der Waals surface area contributed by atoms with Crippen LogP contribution in [0.3, 0.4) is 0 Å². The van der Waals surface area contributed by atoms with E-state index in [1.54, 1.807) is 29.0 Å². The Morgan fingerprint density at radius 2 is 2.00 bits per heavy atom. The first-order valence-electron chi connectivity index (χ1n) is 9.10. The van der Waals surface area contributed by atoms with Gasteiger partial charge in [0.05, 0.1) is 10.8 Å². The zero-order valence-electron chi connectivity index (χ0n) is 16.0. The molecule has 0 aliphatic carbocycles. The maximum atomic E-state index is 13.0. The first kappa shape index (κ1) is 20.4. The van der Waals surface area contributed by atoms with Gasteiger partial charge in [-0.25, -0.2) is 15.0 Å². The van der Waals surface area contributed by atoms with Gasteiger partial charge in [-0.15, -0.1) is 0 Å². The number of halogens is 1. The first-order valence-corrected chi connectivity index (χ1v) is 10.8. The van der Waals surface area contributed by atoms with Crippen LogP contribution in [0.5, 0.6) is 0 Å². The molecule has 0 radical (unpaired) electrons. The third kappa shape index (κ3) is 4.23. The minimum absolute atomic E-state index is 0.0468. The molecule has 0 aliphatic heterocycles. The summed E-state index contributed by atoms with van der Waals surface area (Å²) < 4.78 is 13.4. The Morgan fingerprint density at radius 1 is 1.21 bits per heavy atom. The van der Waals surface area contributed by atoms with Crippen LogP contribution in [0.15, 0.2) is 40.3 Å². The maximum Gasteiger partial charge on any atom is 0.295 e. The molecule has 1 unspecified atom stereocenters. The van der Waals surface area contributed by atoms with Gasteiger partial charge in [0, 0.05) is 24.5 Å². The topological polar surface area (TPSA) is 89.8 Å². The summed E-state index contributed by atoms with van der Waals surface area (Å²) in [5.41, 5.74) is 1.69. The summed E-state index contributed by atoms with van der Waals surface area (Å²) in [4.78, 5) is 26.0. The molecule has 9 heteroatoms. The van der Waals surface area contributed by atoms with Crippen LogP contribution in [0, 0.1) is 0 Å². The molecular formula is C19H22ClN5O2S. The molecule has 0 aliphatic rings. The molecule has 3 aromatic rings. The molecule has 0 saturated heterocycles. The average molecular weight is 420 g/mol. The zero-order chi connectivity index (χ0) is 20.3. The Morgan fingerprint density at radius 3 is 2.64 bits per heavy atom. The number of nitrogens with one attached hydrogen (secondary N) is 1. The Balaban J connectivity index is 1.93. The van der Waals surface area contributed by atoms with E-state index in [4.69, 9.17) is 11.6 Å². The van der Waals surface area contributed by atoms with E-state index in [0.29, 0.717) is 33.6 Å². The Labute approximate surface area is 170 Å². The highest BCUT2D eigenvalue weighted by Crippen LogP contribution is 2.19. The molecule has 0 spiro atoms. The average Bonchev–Trinajstić information content (AvgIpc) is 2.71.